The van der Waals surface area contributed by atoms with Crippen LogP contribution in [-0.4, -0.2) is 16.9 Å². The fraction of sp³-hybridized carbons (Fsp3) is 0.308. The summed E-state index contributed by atoms with van der Waals surface area (Å²) in [5.41, 5.74) is 0.997. The molecule has 0 aliphatic carbocycles. The molecule has 1 aliphatic rings. The highest BCUT2D eigenvalue weighted by molar-refractivity contribution is 6.30. The van der Waals surface area contributed by atoms with Crippen LogP contribution in [0.15, 0.2) is 35.6 Å². The first-order chi connectivity index (χ1) is 8.91. The SMILES string of the molecule is CC(=O)C1=C(C)O[C@H]([N+](=O)[O-])[C@H]1c1ccc(Cl)cc1. The molecule has 0 aromatic heterocycles. The molecule has 2 atom stereocenters. The first-order valence-corrected chi connectivity index (χ1v) is 6.07. The molecule has 0 bridgehead atoms. The monoisotopic (exact) mass is 281 g/mol. The summed E-state index contributed by atoms with van der Waals surface area (Å²) < 4.78 is 5.22. The van der Waals surface area contributed by atoms with E-state index in [1.807, 2.05) is 0 Å². The van der Waals surface area contributed by atoms with Crippen LogP contribution in [-0.2, 0) is 9.53 Å². The Morgan fingerprint density at radius 3 is 2.42 bits per heavy atom. The van der Waals surface area contributed by atoms with Crippen LogP contribution >= 0.6 is 11.6 Å². The van der Waals surface area contributed by atoms with Crippen molar-refractivity contribution in [3.8, 4) is 0 Å². The third kappa shape index (κ3) is 2.46. The van der Waals surface area contributed by atoms with Gasteiger partial charge in [-0.3, -0.25) is 14.9 Å². The summed E-state index contributed by atoms with van der Waals surface area (Å²) in [6, 6.07) is 6.63. The van der Waals surface area contributed by atoms with Crippen LogP contribution in [0.1, 0.15) is 25.3 Å². The maximum absolute atomic E-state index is 11.7. The highest BCUT2D eigenvalue weighted by Gasteiger charge is 2.45. The van der Waals surface area contributed by atoms with Crippen LogP contribution in [0.2, 0.25) is 5.02 Å². The third-order valence-electron chi connectivity index (χ3n) is 3.09. The van der Waals surface area contributed by atoms with Crippen molar-refractivity contribution < 1.29 is 14.5 Å². The van der Waals surface area contributed by atoms with Crippen molar-refractivity contribution in [2.45, 2.75) is 26.0 Å². The molecular formula is C13H12ClNO4. The largest absolute Gasteiger partial charge is 0.434 e. The van der Waals surface area contributed by atoms with Crippen LogP contribution in [0.25, 0.3) is 0 Å². The smallest absolute Gasteiger partial charge is 0.364 e. The summed E-state index contributed by atoms with van der Waals surface area (Å²) in [5.74, 6) is -0.597. The van der Waals surface area contributed by atoms with Crippen molar-refractivity contribution in [1.82, 2.24) is 0 Å². The Kier molecular flexibility index (Phi) is 3.57. The van der Waals surface area contributed by atoms with Crippen LogP contribution in [0.3, 0.4) is 0 Å². The molecule has 0 saturated heterocycles. The van der Waals surface area contributed by atoms with Crippen molar-refractivity contribution in [2.24, 2.45) is 0 Å². The van der Waals surface area contributed by atoms with Crippen molar-refractivity contribution in [3.63, 3.8) is 0 Å². The van der Waals surface area contributed by atoms with E-state index in [9.17, 15) is 14.9 Å². The molecule has 0 N–H and O–H groups in total. The molecule has 1 aliphatic heterocycles. The summed E-state index contributed by atoms with van der Waals surface area (Å²) in [6.07, 6.45) is -1.26. The van der Waals surface area contributed by atoms with Gasteiger partial charge in [0.2, 0.25) is 0 Å². The maximum Gasteiger partial charge on any atom is 0.364 e. The molecule has 0 spiro atoms. The molecule has 0 fully saturated rings. The Labute approximate surface area is 115 Å². The highest BCUT2D eigenvalue weighted by atomic mass is 35.5. The molecule has 6 heteroatoms. The second-order valence-electron chi connectivity index (χ2n) is 4.35. The van der Waals surface area contributed by atoms with Gasteiger partial charge in [0.25, 0.3) is 0 Å². The summed E-state index contributed by atoms with van der Waals surface area (Å²) >= 11 is 5.80. The fourth-order valence-corrected chi connectivity index (χ4v) is 2.43. The van der Waals surface area contributed by atoms with Gasteiger partial charge in [0, 0.05) is 5.02 Å². The van der Waals surface area contributed by atoms with Gasteiger partial charge >= 0.3 is 6.23 Å². The van der Waals surface area contributed by atoms with Gasteiger partial charge in [-0.25, -0.2) is 0 Å². The van der Waals surface area contributed by atoms with Gasteiger partial charge in [-0.15, -0.1) is 0 Å². The molecular weight excluding hydrogens is 270 g/mol. The van der Waals surface area contributed by atoms with E-state index in [4.69, 9.17) is 16.3 Å². The molecule has 1 aromatic rings. The van der Waals surface area contributed by atoms with E-state index in [0.717, 1.165) is 0 Å². The van der Waals surface area contributed by atoms with Gasteiger partial charge in [0.05, 0.1) is 10.5 Å². The van der Waals surface area contributed by atoms with E-state index in [0.29, 0.717) is 21.9 Å². The first-order valence-electron chi connectivity index (χ1n) is 5.69. The van der Waals surface area contributed by atoms with Crippen LogP contribution in [0.5, 0.6) is 0 Å². The van der Waals surface area contributed by atoms with Crippen LogP contribution in [0.4, 0.5) is 0 Å². The average molecular weight is 282 g/mol. The summed E-state index contributed by atoms with van der Waals surface area (Å²) in [5, 5.41) is 11.6. The minimum Gasteiger partial charge on any atom is -0.434 e. The summed E-state index contributed by atoms with van der Waals surface area (Å²) in [6.45, 7) is 2.95. The van der Waals surface area contributed by atoms with Crippen molar-refractivity contribution in [3.05, 3.63) is 56.3 Å². The van der Waals surface area contributed by atoms with Gasteiger partial charge in [0.1, 0.15) is 11.7 Å². The Bertz CT molecular complexity index is 565. The quantitative estimate of drug-likeness (QED) is 0.631. The lowest BCUT2D eigenvalue weighted by Crippen LogP contribution is -2.27. The van der Waals surface area contributed by atoms with Crippen molar-refractivity contribution in [1.29, 1.82) is 0 Å². The number of Topliss-reactive ketones (excluding diaryl/α,β-unsaturated/α-hetero) is 1. The van der Waals surface area contributed by atoms with Gasteiger partial charge in [-0.1, -0.05) is 23.7 Å². The van der Waals surface area contributed by atoms with E-state index >= 15 is 0 Å². The molecule has 0 radical (unpaired) electrons. The molecule has 100 valence electrons. The molecule has 1 aromatic carbocycles. The lowest BCUT2D eigenvalue weighted by molar-refractivity contribution is -0.570. The molecule has 2 rings (SSSR count). The van der Waals surface area contributed by atoms with E-state index in [-0.39, 0.29) is 5.78 Å². The second-order valence-corrected chi connectivity index (χ2v) is 4.79. The lowest BCUT2D eigenvalue weighted by Gasteiger charge is -2.14. The molecule has 1 heterocycles. The molecule has 0 saturated carbocycles. The molecule has 19 heavy (non-hydrogen) atoms. The number of carbonyl (C=O) groups is 1. The van der Waals surface area contributed by atoms with Crippen molar-refractivity contribution in [2.75, 3.05) is 0 Å². The van der Waals surface area contributed by atoms with Crippen LogP contribution < -0.4 is 0 Å². The fourth-order valence-electron chi connectivity index (χ4n) is 2.31. The number of halogens is 1. The normalized spacial score (nSPS) is 22.3. The predicted octanol–water partition coefficient (Wildman–Crippen LogP) is 2.92. The zero-order valence-electron chi connectivity index (χ0n) is 10.4. The third-order valence-corrected chi connectivity index (χ3v) is 3.34. The van der Waals surface area contributed by atoms with E-state index < -0.39 is 17.1 Å². The number of rotatable bonds is 3. The molecule has 0 unspecified atom stereocenters. The van der Waals surface area contributed by atoms with Gasteiger partial charge < -0.3 is 4.74 Å². The minimum absolute atomic E-state index is 0.221. The van der Waals surface area contributed by atoms with Gasteiger partial charge in [-0.05, 0) is 31.5 Å². The number of carbonyl (C=O) groups excluding carboxylic acids is 1. The number of nitrogens with zero attached hydrogens (tertiary/aromatic N) is 1. The standard InChI is InChI=1S/C13H12ClNO4/c1-7(16)11-8(2)19-13(15(17)18)12(11)9-3-5-10(14)6-4-9/h3-6,12-13H,1-2H3/t12-,13-/m0/s1. The molecule has 0 amide bonds. The Morgan fingerprint density at radius 1 is 1.37 bits per heavy atom. The maximum atomic E-state index is 11.7. The number of nitro groups is 1. The summed E-state index contributed by atoms with van der Waals surface area (Å²) in [4.78, 5) is 22.3. The minimum atomic E-state index is -1.26. The molecule has 5 nitrogen and oxygen atoms in total. The van der Waals surface area contributed by atoms with E-state index in [1.165, 1.54) is 6.92 Å². The number of benzene rings is 1. The lowest BCUT2D eigenvalue weighted by atomic mass is 9.88. The average Bonchev–Trinajstić information content (AvgIpc) is 2.68. The van der Waals surface area contributed by atoms with Crippen molar-refractivity contribution >= 4 is 17.4 Å². The predicted molar refractivity (Wildman–Crippen MR) is 69.4 cm³/mol. The topological polar surface area (TPSA) is 69.4 Å². The second kappa shape index (κ2) is 5.01. The summed E-state index contributed by atoms with van der Waals surface area (Å²) in [7, 11) is 0. The zero-order chi connectivity index (χ0) is 14.2. The number of ether oxygens (including phenoxy) is 1. The van der Waals surface area contributed by atoms with E-state index in [2.05, 4.69) is 0 Å². The number of hydrogen-bond acceptors (Lipinski definition) is 4. The van der Waals surface area contributed by atoms with Crippen LogP contribution in [0, 0.1) is 10.1 Å². The number of hydrogen-bond donors (Lipinski definition) is 0. The Balaban J connectivity index is 2.50. The van der Waals surface area contributed by atoms with Gasteiger partial charge in [-0.2, -0.15) is 0 Å². The highest BCUT2D eigenvalue weighted by Crippen LogP contribution is 2.39. The number of ketones is 1. The Morgan fingerprint density at radius 2 is 1.95 bits per heavy atom. The number of allylic oxidation sites excluding steroid dienone is 1. The zero-order valence-corrected chi connectivity index (χ0v) is 11.2. The first kappa shape index (κ1) is 13.5. The Hall–Kier alpha value is -1.88. The van der Waals surface area contributed by atoms with E-state index in [1.54, 1.807) is 31.2 Å². The van der Waals surface area contributed by atoms with Gasteiger partial charge in [0.15, 0.2) is 5.78 Å².